The number of aromatic nitrogens is 2. The molecule has 1 heterocycles. The quantitative estimate of drug-likeness (QED) is 0.767. The van der Waals surface area contributed by atoms with Crippen molar-refractivity contribution in [2.45, 2.75) is 12.8 Å². The lowest BCUT2D eigenvalue weighted by Gasteiger charge is -2.01. The molecule has 3 heteroatoms. The van der Waals surface area contributed by atoms with Gasteiger partial charge < -0.3 is 5.73 Å². The smallest absolute Gasteiger partial charge is 0.128 e. The highest BCUT2D eigenvalue weighted by Gasteiger charge is 1.97. The first-order chi connectivity index (χ1) is 7.34. The van der Waals surface area contributed by atoms with Gasteiger partial charge in [-0.05, 0) is 30.2 Å². The zero-order valence-corrected chi connectivity index (χ0v) is 8.43. The molecule has 2 rings (SSSR count). The molecule has 0 atom stereocenters. The lowest BCUT2D eigenvalue weighted by molar-refractivity contribution is 0.858. The third-order valence-corrected chi connectivity index (χ3v) is 2.21. The summed E-state index contributed by atoms with van der Waals surface area (Å²) in [7, 11) is 0. The third-order valence-electron chi connectivity index (χ3n) is 2.21. The Labute approximate surface area is 89.0 Å². The molecule has 0 fully saturated rings. The van der Waals surface area contributed by atoms with Crippen molar-refractivity contribution in [1.82, 2.24) is 9.97 Å². The molecule has 0 bridgehead atoms. The van der Waals surface area contributed by atoms with Gasteiger partial charge in [-0.1, -0.05) is 12.1 Å². The first-order valence-corrected chi connectivity index (χ1v) is 4.95. The largest absolute Gasteiger partial charge is 0.399 e. The number of nitrogens with two attached hydrogens (primary N) is 1. The number of nitrogens with zero attached hydrogens (tertiary/aromatic N) is 2. The Morgan fingerprint density at radius 1 is 1.00 bits per heavy atom. The standard InChI is InChI=1S/C12H13N3/c13-11-4-1-3-10(9-11)5-6-12-14-7-2-8-15-12/h1-4,7-9H,5-6,13H2. The maximum Gasteiger partial charge on any atom is 0.128 e. The van der Waals surface area contributed by atoms with Gasteiger partial charge in [-0.15, -0.1) is 0 Å². The molecular weight excluding hydrogens is 186 g/mol. The molecule has 3 nitrogen and oxygen atoms in total. The van der Waals surface area contributed by atoms with Crippen LogP contribution in [0.5, 0.6) is 0 Å². The second kappa shape index (κ2) is 4.55. The fraction of sp³-hybridized carbons (Fsp3) is 0.167. The van der Waals surface area contributed by atoms with E-state index in [2.05, 4.69) is 16.0 Å². The van der Waals surface area contributed by atoms with Crippen LogP contribution in [0, 0.1) is 0 Å². The van der Waals surface area contributed by atoms with Crippen LogP contribution in [0.15, 0.2) is 42.7 Å². The van der Waals surface area contributed by atoms with Crippen molar-refractivity contribution >= 4 is 5.69 Å². The van der Waals surface area contributed by atoms with E-state index in [-0.39, 0.29) is 0 Å². The molecule has 0 aliphatic heterocycles. The minimum atomic E-state index is 0.807. The Morgan fingerprint density at radius 2 is 1.80 bits per heavy atom. The molecule has 0 saturated heterocycles. The summed E-state index contributed by atoms with van der Waals surface area (Å²) < 4.78 is 0. The minimum absolute atomic E-state index is 0.807. The summed E-state index contributed by atoms with van der Waals surface area (Å²) in [5.74, 6) is 0.875. The maximum atomic E-state index is 5.70. The number of rotatable bonds is 3. The molecule has 2 aromatic rings. The summed E-state index contributed by atoms with van der Waals surface area (Å²) in [5, 5.41) is 0. The van der Waals surface area contributed by atoms with Gasteiger partial charge in [-0.25, -0.2) is 9.97 Å². The lowest BCUT2D eigenvalue weighted by atomic mass is 10.1. The van der Waals surface area contributed by atoms with Crippen molar-refractivity contribution in [3.63, 3.8) is 0 Å². The Morgan fingerprint density at radius 3 is 2.53 bits per heavy atom. The Hall–Kier alpha value is -1.90. The molecule has 15 heavy (non-hydrogen) atoms. The van der Waals surface area contributed by atoms with Gasteiger partial charge in [0.15, 0.2) is 0 Å². The molecule has 0 aliphatic rings. The van der Waals surface area contributed by atoms with Crippen molar-refractivity contribution in [2.24, 2.45) is 0 Å². The van der Waals surface area contributed by atoms with Gasteiger partial charge in [0.05, 0.1) is 0 Å². The molecular formula is C12H13N3. The van der Waals surface area contributed by atoms with Gasteiger partial charge >= 0.3 is 0 Å². The van der Waals surface area contributed by atoms with Crippen LogP contribution in [0.25, 0.3) is 0 Å². The number of benzene rings is 1. The Kier molecular flexibility index (Phi) is 2.93. The fourth-order valence-corrected chi connectivity index (χ4v) is 1.46. The van der Waals surface area contributed by atoms with Gasteiger partial charge in [-0.2, -0.15) is 0 Å². The van der Waals surface area contributed by atoms with Crippen molar-refractivity contribution in [3.05, 3.63) is 54.1 Å². The molecule has 0 saturated carbocycles. The van der Waals surface area contributed by atoms with Crippen molar-refractivity contribution in [2.75, 3.05) is 5.73 Å². The van der Waals surface area contributed by atoms with E-state index < -0.39 is 0 Å². The van der Waals surface area contributed by atoms with Crippen LogP contribution in [0.4, 0.5) is 5.69 Å². The Balaban J connectivity index is 1.99. The summed E-state index contributed by atoms with van der Waals surface area (Å²) in [5.41, 5.74) is 7.73. The molecule has 1 aromatic carbocycles. The van der Waals surface area contributed by atoms with E-state index in [4.69, 9.17) is 5.73 Å². The zero-order valence-electron chi connectivity index (χ0n) is 8.43. The number of anilines is 1. The number of nitrogen functional groups attached to an aromatic ring is 1. The summed E-state index contributed by atoms with van der Waals surface area (Å²) in [6.45, 7) is 0. The molecule has 0 amide bonds. The van der Waals surface area contributed by atoms with E-state index in [1.807, 2.05) is 24.3 Å². The van der Waals surface area contributed by atoms with E-state index in [0.29, 0.717) is 0 Å². The summed E-state index contributed by atoms with van der Waals surface area (Å²) >= 11 is 0. The predicted octanol–water partition coefficient (Wildman–Crippen LogP) is 1.84. The minimum Gasteiger partial charge on any atom is -0.399 e. The second-order valence-corrected chi connectivity index (χ2v) is 3.41. The first kappa shape index (κ1) is 9.65. The highest BCUT2D eigenvalue weighted by molar-refractivity contribution is 5.40. The van der Waals surface area contributed by atoms with Crippen molar-refractivity contribution < 1.29 is 0 Å². The predicted molar refractivity (Wildman–Crippen MR) is 60.3 cm³/mol. The number of hydrogen-bond acceptors (Lipinski definition) is 3. The van der Waals surface area contributed by atoms with Crippen molar-refractivity contribution in [3.8, 4) is 0 Å². The van der Waals surface area contributed by atoms with Crippen molar-refractivity contribution in [1.29, 1.82) is 0 Å². The monoisotopic (exact) mass is 199 g/mol. The van der Waals surface area contributed by atoms with E-state index in [0.717, 1.165) is 24.4 Å². The van der Waals surface area contributed by atoms with Gasteiger partial charge in [0, 0.05) is 24.5 Å². The molecule has 2 N–H and O–H groups in total. The summed E-state index contributed by atoms with van der Waals surface area (Å²) in [6, 6.07) is 9.74. The van der Waals surface area contributed by atoms with Crippen LogP contribution in [0.3, 0.4) is 0 Å². The normalized spacial score (nSPS) is 10.1. The molecule has 0 unspecified atom stereocenters. The highest BCUT2D eigenvalue weighted by Crippen LogP contribution is 2.08. The summed E-state index contributed by atoms with van der Waals surface area (Å²) in [6.07, 6.45) is 5.31. The van der Waals surface area contributed by atoms with E-state index >= 15 is 0 Å². The highest BCUT2D eigenvalue weighted by atomic mass is 14.8. The lowest BCUT2D eigenvalue weighted by Crippen LogP contribution is -1.97. The average Bonchev–Trinajstić information content (AvgIpc) is 2.28. The first-order valence-electron chi connectivity index (χ1n) is 4.95. The fourth-order valence-electron chi connectivity index (χ4n) is 1.46. The number of aryl methyl sites for hydroxylation is 2. The average molecular weight is 199 g/mol. The van der Waals surface area contributed by atoms with Crippen LogP contribution >= 0.6 is 0 Å². The van der Waals surface area contributed by atoms with E-state index in [1.165, 1.54) is 5.56 Å². The topological polar surface area (TPSA) is 51.8 Å². The molecule has 0 aliphatic carbocycles. The molecule has 0 spiro atoms. The molecule has 0 radical (unpaired) electrons. The van der Waals surface area contributed by atoms with E-state index in [9.17, 15) is 0 Å². The zero-order chi connectivity index (χ0) is 10.5. The van der Waals surface area contributed by atoms with Gasteiger partial charge in [0.1, 0.15) is 5.82 Å². The number of hydrogen-bond donors (Lipinski definition) is 1. The van der Waals surface area contributed by atoms with Crippen LogP contribution in [0.2, 0.25) is 0 Å². The molecule has 1 aromatic heterocycles. The van der Waals surface area contributed by atoms with Crippen LogP contribution in [-0.4, -0.2) is 9.97 Å². The van der Waals surface area contributed by atoms with Gasteiger partial charge in [0.2, 0.25) is 0 Å². The summed E-state index contributed by atoms with van der Waals surface area (Å²) in [4.78, 5) is 8.35. The molecule has 76 valence electrons. The van der Waals surface area contributed by atoms with Crippen LogP contribution in [0.1, 0.15) is 11.4 Å². The van der Waals surface area contributed by atoms with Crippen LogP contribution in [-0.2, 0) is 12.8 Å². The third kappa shape index (κ3) is 2.77. The maximum absolute atomic E-state index is 5.70. The van der Waals surface area contributed by atoms with Gasteiger partial charge in [-0.3, -0.25) is 0 Å². The van der Waals surface area contributed by atoms with E-state index in [1.54, 1.807) is 12.4 Å². The Bertz CT molecular complexity index is 426. The van der Waals surface area contributed by atoms with Crippen LogP contribution < -0.4 is 5.73 Å². The second-order valence-electron chi connectivity index (χ2n) is 3.41. The van der Waals surface area contributed by atoms with Gasteiger partial charge in [0.25, 0.3) is 0 Å². The SMILES string of the molecule is Nc1cccc(CCc2ncccn2)c1.